The van der Waals surface area contributed by atoms with Crippen LogP contribution >= 0.6 is 11.8 Å². The van der Waals surface area contributed by atoms with Crippen LogP contribution in [0, 0.1) is 0 Å². The van der Waals surface area contributed by atoms with Crippen LogP contribution in [0.25, 0.3) is 0 Å². The third kappa shape index (κ3) is 4.17. The first-order valence-electron chi connectivity index (χ1n) is 8.80. The second-order valence-electron chi connectivity index (χ2n) is 6.28. The van der Waals surface area contributed by atoms with Crippen molar-refractivity contribution in [1.29, 1.82) is 0 Å². The molecule has 8 heteroatoms. The van der Waals surface area contributed by atoms with Crippen molar-refractivity contribution in [1.82, 2.24) is 30.4 Å². The summed E-state index contributed by atoms with van der Waals surface area (Å²) in [7, 11) is 0. The number of aromatic nitrogens is 4. The van der Waals surface area contributed by atoms with Gasteiger partial charge < -0.3 is 10.2 Å². The van der Waals surface area contributed by atoms with Gasteiger partial charge in [0, 0.05) is 43.3 Å². The fourth-order valence-electron chi connectivity index (χ4n) is 3.14. The summed E-state index contributed by atoms with van der Waals surface area (Å²) in [5.41, 5.74) is 2.90. The summed E-state index contributed by atoms with van der Waals surface area (Å²) in [6.45, 7) is 2.22. The molecule has 0 bridgehead atoms. The van der Waals surface area contributed by atoms with E-state index < -0.39 is 0 Å². The Bertz CT molecular complexity index is 869. The quantitative estimate of drug-likeness (QED) is 0.661. The summed E-state index contributed by atoms with van der Waals surface area (Å²) in [4.78, 5) is 23.3. The molecule has 4 rings (SSSR count). The molecule has 1 saturated heterocycles. The van der Waals surface area contributed by atoms with E-state index in [1.54, 1.807) is 18.0 Å². The number of aromatic amines is 1. The van der Waals surface area contributed by atoms with Crippen LogP contribution in [0.2, 0.25) is 0 Å². The number of nitrogens with one attached hydrogen (secondary N) is 2. The van der Waals surface area contributed by atoms with Gasteiger partial charge in [-0.2, -0.15) is 5.10 Å². The van der Waals surface area contributed by atoms with Gasteiger partial charge in [-0.1, -0.05) is 30.0 Å². The van der Waals surface area contributed by atoms with Crippen molar-refractivity contribution in [2.75, 3.05) is 19.6 Å². The average Bonchev–Trinajstić information content (AvgIpc) is 3.26. The highest BCUT2D eigenvalue weighted by Crippen LogP contribution is 2.24. The lowest BCUT2D eigenvalue weighted by Gasteiger charge is -2.36. The molecule has 0 spiro atoms. The number of nitrogens with zero attached hydrogens (tertiary/aromatic N) is 4. The molecule has 2 N–H and O–H groups in total. The van der Waals surface area contributed by atoms with Gasteiger partial charge in [0.25, 0.3) is 5.91 Å². The highest BCUT2D eigenvalue weighted by molar-refractivity contribution is 7.98. The Labute approximate surface area is 161 Å². The number of thioether (sulfide) groups is 1. The zero-order chi connectivity index (χ0) is 18.5. The Morgan fingerprint density at radius 2 is 2.15 bits per heavy atom. The van der Waals surface area contributed by atoms with Gasteiger partial charge in [0.15, 0.2) is 5.16 Å². The average molecular weight is 380 g/mol. The number of hydrogen-bond acceptors (Lipinski definition) is 6. The molecule has 1 unspecified atom stereocenters. The van der Waals surface area contributed by atoms with Gasteiger partial charge in [0.2, 0.25) is 0 Å². The van der Waals surface area contributed by atoms with Crippen LogP contribution in [0.1, 0.15) is 27.5 Å². The van der Waals surface area contributed by atoms with Crippen molar-refractivity contribution in [3.63, 3.8) is 0 Å². The number of carbonyl (C=O) groups is 1. The molecule has 7 nitrogen and oxygen atoms in total. The van der Waals surface area contributed by atoms with E-state index in [9.17, 15) is 4.79 Å². The number of pyridine rings is 1. The fourth-order valence-corrected chi connectivity index (χ4v) is 3.88. The molecule has 3 aromatic rings. The maximum Gasteiger partial charge on any atom is 0.254 e. The van der Waals surface area contributed by atoms with Gasteiger partial charge in [-0.25, -0.2) is 4.98 Å². The second kappa shape index (κ2) is 8.32. The van der Waals surface area contributed by atoms with Gasteiger partial charge in [0.1, 0.15) is 6.33 Å². The molecule has 0 saturated carbocycles. The number of amides is 1. The van der Waals surface area contributed by atoms with Crippen LogP contribution in [-0.4, -0.2) is 50.6 Å². The van der Waals surface area contributed by atoms with Crippen LogP contribution in [0.5, 0.6) is 0 Å². The number of hydrogen-bond donors (Lipinski definition) is 2. The summed E-state index contributed by atoms with van der Waals surface area (Å²) in [5.74, 6) is 0.829. The van der Waals surface area contributed by atoms with Gasteiger partial charge in [-0.05, 0) is 29.3 Å². The molecule has 1 atom stereocenters. The summed E-state index contributed by atoms with van der Waals surface area (Å²) in [5, 5.41) is 10.8. The third-order valence-corrected chi connectivity index (χ3v) is 5.49. The predicted octanol–water partition coefficient (Wildman–Crippen LogP) is 2.28. The molecule has 138 valence electrons. The fraction of sp³-hybridized carbons (Fsp3) is 0.263. The van der Waals surface area contributed by atoms with E-state index in [-0.39, 0.29) is 11.9 Å². The standard InChI is InChI=1S/C19H20N6OS/c26-18(25-9-8-21-11-17(25)16-2-1-7-20-10-16)15-5-3-14(4-6-15)12-27-19-22-13-23-24-19/h1-7,10,13,17,21H,8-9,11-12H2,(H,22,23,24). The molecule has 0 radical (unpaired) electrons. The van der Waals surface area contributed by atoms with Crippen LogP contribution in [0.3, 0.4) is 0 Å². The molecule has 1 fully saturated rings. The van der Waals surface area contributed by atoms with Crippen molar-refractivity contribution in [2.24, 2.45) is 0 Å². The lowest BCUT2D eigenvalue weighted by atomic mass is 10.0. The SMILES string of the molecule is O=C(c1ccc(CSc2ncn[nH]2)cc1)N1CCNCC1c1cccnc1. The summed E-state index contributed by atoms with van der Waals surface area (Å²) >= 11 is 1.58. The minimum Gasteiger partial charge on any atom is -0.329 e. The third-order valence-electron chi connectivity index (χ3n) is 4.54. The lowest BCUT2D eigenvalue weighted by molar-refractivity contribution is 0.0634. The molecular formula is C19H20N6OS. The molecule has 1 amide bonds. The summed E-state index contributed by atoms with van der Waals surface area (Å²) < 4.78 is 0. The van der Waals surface area contributed by atoms with Crippen LogP contribution < -0.4 is 5.32 Å². The highest BCUT2D eigenvalue weighted by atomic mass is 32.2. The number of H-pyrrole nitrogens is 1. The molecule has 1 aliphatic rings. The maximum atomic E-state index is 13.1. The highest BCUT2D eigenvalue weighted by Gasteiger charge is 2.28. The van der Waals surface area contributed by atoms with Gasteiger partial charge >= 0.3 is 0 Å². The molecule has 0 aliphatic carbocycles. The molecule has 1 aliphatic heterocycles. The monoisotopic (exact) mass is 380 g/mol. The number of benzene rings is 1. The van der Waals surface area contributed by atoms with Gasteiger partial charge in [0.05, 0.1) is 6.04 Å². The largest absolute Gasteiger partial charge is 0.329 e. The Hall–Kier alpha value is -2.71. The minimum absolute atomic E-state index is 0.00151. The van der Waals surface area contributed by atoms with Crippen molar-refractivity contribution in [3.8, 4) is 0 Å². The van der Waals surface area contributed by atoms with Crippen molar-refractivity contribution < 1.29 is 4.79 Å². The molecule has 27 heavy (non-hydrogen) atoms. The Balaban J connectivity index is 1.46. The first-order valence-corrected chi connectivity index (χ1v) is 9.78. The Kier molecular flexibility index (Phi) is 5.45. The van der Waals surface area contributed by atoms with E-state index in [0.717, 1.165) is 35.1 Å². The topological polar surface area (TPSA) is 86.8 Å². The van der Waals surface area contributed by atoms with Gasteiger partial charge in [-0.15, -0.1) is 0 Å². The molecule has 1 aromatic carbocycles. The molecule has 2 aromatic heterocycles. The smallest absolute Gasteiger partial charge is 0.254 e. The van der Waals surface area contributed by atoms with E-state index in [1.807, 2.05) is 47.5 Å². The maximum absolute atomic E-state index is 13.1. The zero-order valence-corrected chi connectivity index (χ0v) is 15.5. The van der Waals surface area contributed by atoms with E-state index >= 15 is 0 Å². The van der Waals surface area contributed by atoms with E-state index in [1.165, 1.54) is 6.33 Å². The zero-order valence-electron chi connectivity index (χ0n) is 14.7. The van der Waals surface area contributed by atoms with E-state index in [2.05, 4.69) is 25.5 Å². The lowest BCUT2D eigenvalue weighted by Crippen LogP contribution is -2.48. The number of piperazine rings is 1. The van der Waals surface area contributed by atoms with E-state index in [4.69, 9.17) is 0 Å². The second-order valence-corrected chi connectivity index (χ2v) is 7.25. The first-order chi connectivity index (χ1) is 13.3. The first kappa shape index (κ1) is 17.7. The van der Waals surface area contributed by atoms with Crippen LogP contribution in [0.4, 0.5) is 0 Å². The van der Waals surface area contributed by atoms with E-state index in [0.29, 0.717) is 12.1 Å². The number of carbonyl (C=O) groups excluding carboxylic acids is 1. The van der Waals surface area contributed by atoms with Crippen LogP contribution in [-0.2, 0) is 5.75 Å². The normalized spacial score (nSPS) is 17.0. The minimum atomic E-state index is 0.00151. The molecular weight excluding hydrogens is 360 g/mol. The predicted molar refractivity (Wildman–Crippen MR) is 103 cm³/mol. The molecule has 3 heterocycles. The number of rotatable bonds is 5. The van der Waals surface area contributed by atoms with Crippen molar-refractivity contribution >= 4 is 17.7 Å². The van der Waals surface area contributed by atoms with Crippen molar-refractivity contribution in [3.05, 3.63) is 71.8 Å². The summed E-state index contributed by atoms with van der Waals surface area (Å²) in [6, 6.07) is 11.7. The van der Waals surface area contributed by atoms with Crippen molar-refractivity contribution in [2.45, 2.75) is 17.0 Å². The van der Waals surface area contributed by atoms with Crippen LogP contribution in [0.15, 0.2) is 60.3 Å². The summed E-state index contributed by atoms with van der Waals surface area (Å²) in [6.07, 6.45) is 5.08. The van der Waals surface area contributed by atoms with Gasteiger partial charge in [-0.3, -0.25) is 14.9 Å². The Morgan fingerprint density at radius 1 is 1.26 bits per heavy atom. The Morgan fingerprint density at radius 3 is 2.89 bits per heavy atom.